The lowest BCUT2D eigenvalue weighted by molar-refractivity contribution is 0.0575. The zero-order valence-electron chi connectivity index (χ0n) is 13.9. The van der Waals surface area contributed by atoms with Crippen LogP contribution in [0.1, 0.15) is 41.4 Å². The van der Waals surface area contributed by atoms with Crippen LogP contribution in [0.15, 0.2) is 36.8 Å². The monoisotopic (exact) mass is 339 g/mol. The highest BCUT2D eigenvalue weighted by Gasteiger charge is 2.37. The summed E-state index contributed by atoms with van der Waals surface area (Å²) < 4.78 is 0. The molecular weight excluding hydrogens is 318 g/mol. The van der Waals surface area contributed by atoms with Crippen LogP contribution in [0.5, 0.6) is 0 Å². The fourth-order valence-electron chi connectivity index (χ4n) is 3.09. The summed E-state index contributed by atoms with van der Waals surface area (Å²) in [6.07, 6.45) is 7.71. The molecule has 130 valence electrons. The molecule has 1 saturated carbocycles. The summed E-state index contributed by atoms with van der Waals surface area (Å²) in [6.45, 7) is 1.35. The lowest BCUT2D eigenvalue weighted by Crippen LogP contribution is -2.45. The van der Waals surface area contributed by atoms with Crippen LogP contribution in [0.25, 0.3) is 0 Å². The van der Waals surface area contributed by atoms with Crippen molar-refractivity contribution in [1.82, 2.24) is 20.3 Å². The zero-order chi connectivity index (χ0) is 17.3. The molecule has 0 aromatic carbocycles. The smallest absolute Gasteiger partial charge is 0.254 e. The second kappa shape index (κ2) is 6.40. The molecule has 1 amide bonds. The number of hydrogen-bond donors (Lipinski definition) is 2. The van der Waals surface area contributed by atoms with E-state index in [9.17, 15) is 9.90 Å². The standard InChI is InChI=1S/C18H21N5O2/c24-17(14-9-20-16(21-10-14)13-4-5-13)22-11-18(25)6-8-23(12-18)15-3-1-2-7-19-15/h1-3,7,9-10,13,25H,4-6,8,11-12H2,(H,22,24)/t18-/m1/s1. The molecule has 1 saturated heterocycles. The average Bonchev–Trinajstić information content (AvgIpc) is 3.43. The van der Waals surface area contributed by atoms with Crippen LogP contribution in [-0.4, -0.2) is 51.2 Å². The average molecular weight is 339 g/mol. The van der Waals surface area contributed by atoms with Crippen molar-refractivity contribution < 1.29 is 9.90 Å². The van der Waals surface area contributed by atoms with Gasteiger partial charge in [-0.05, 0) is 31.4 Å². The van der Waals surface area contributed by atoms with Crippen LogP contribution in [0.3, 0.4) is 0 Å². The summed E-state index contributed by atoms with van der Waals surface area (Å²) in [4.78, 5) is 27.1. The van der Waals surface area contributed by atoms with E-state index in [1.165, 1.54) is 0 Å². The number of pyridine rings is 1. The van der Waals surface area contributed by atoms with E-state index in [0.717, 1.165) is 24.5 Å². The van der Waals surface area contributed by atoms with Crippen LogP contribution >= 0.6 is 0 Å². The number of anilines is 1. The molecule has 7 nitrogen and oxygen atoms in total. The molecule has 4 rings (SSSR count). The van der Waals surface area contributed by atoms with Crippen LogP contribution in [0.2, 0.25) is 0 Å². The molecule has 2 aliphatic rings. The van der Waals surface area contributed by atoms with Crippen molar-refractivity contribution in [2.45, 2.75) is 30.8 Å². The van der Waals surface area contributed by atoms with Gasteiger partial charge in [0.15, 0.2) is 0 Å². The number of amides is 1. The Morgan fingerprint density at radius 3 is 2.76 bits per heavy atom. The first-order chi connectivity index (χ1) is 12.1. The number of carbonyl (C=O) groups excluding carboxylic acids is 1. The topological polar surface area (TPSA) is 91.2 Å². The first-order valence-corrected chi connectivity index (χ1v) is 8.61. The normalized spacial score (nSPS) is 22.8. The summed E-state index contributed by atoms with van der Waals surface area (Å²) in [5.74, 6) is 1.87. The van der Waals surface area contributed by atoms with E-state index >= 15 is 0 Å². The number of rotatable bonds is 5. The van der Waals surface area contributed by atoms with E-state index in [2.05, 4.69) is 20.3 Å². The van der Waals surface area contributed by atoms with Gasteiger partial charge in [0.2, 0.25) is 0 Å². The van der Waals surface area contributed by atoms with E-state index < -0.39 is 5.60 Å². The quantitative estimate of drug-likeness (QED) is 0.848. The van der Waals surface area contributed by atoms with Crippen LogP contribution < -0.4 is 10.2 Å². The van der Waals surface area contributed by atoms with Gasteiger partial charge >= 0.3 is 0 Å². The zero-order valence-corrected chi connectivity index (χ0v) is 13.9. The Morgan fingerprint density at radius 2 is 2.08 bits per heavy atom. The Balaban J connectivity index is 1.33. The van der Waals surface area contributed by atoms with Gasteiger partial charge in [-0.25, -0.2) is 15.0 Å². The van der Waals surface area contributed by atoms with Crippen molar-refractivity contribution in [3.05, 3.63) is 48.2 Å². The van der Waals surface area contributed by atoms with E-state index in [4.69, 9.17) is 0 Å². The minimum absolute atomic E-state index is 0.194. The molecule has 0 bridgehead atoms. The fraction of sp³-hybridized carbons (Fsp3) is 0.444. The molecule has 1 aliphatic carbocycles. The molecule has 7 heteroatoms. The van der Waals surface area contributed by atoms with Gasteiger partial charge in [0.1, 0.15) is 17.2 Å². The number of nitrogens with zero attached hydrogens (tertiary/aromatic N) is 4. The Kier molecular flexibility index (Phi) is 4.09. The van der Waals surface area contributed by atoms with E-state index in [-0.39, 0.29) is 12.5 Å². The first-order valence-electron chi connectivity index (χ1n) is 8.61. The van der Waals surface area contributed by atoms with Gasteiger partial charge < -0.3 is 15.3 Å². The third kappa shape index (κ3) is 3.61. The highest BCUT2D eigenvalue weighted by molar-refractivity contribution is 5.93. The number of carbonyl (C=O) groups is 1. The highest BCUT2D eigenvalue weighted by atomic mass is 16.3. The summed E-state index contributed by atoms with van der Waals surface area (Å²) in [5.41, 5.74) is -0.533. The predicted octanol–water partition coefficient (Wildman–Crippen LogP) is 1.12. The molecule has 1 aliphatic heterocycles. The minimum Gasteiger partial charge on any atom is -0.386 e. The molecule has 25 heavy (non-hydrogen) atoms. The Labute approximate surface area is 146 Å². The van der Waals surface area contributed by atoms with E-state index in [0.29, 0.717) is 31.0 Å². The number of hydrogen-bond acceptors (Lipinski definition) is 6. The molecule has 2 N–H and O–H groups in total. The Hall–Kier alpha value is -2.54. The molecule has 0 unspecified atom stereocenters. The number of aromatic nitrogens is 3. The van der Waals surface area contributed by atoms with Gasteiger partial charge in [-0.2, -0.15) is 0 Å². The fourth-order valence-corrected chi connectivity index (χ4v) is 3.09. The van der Waals surface area contributed by atoms with Crippen molar-refractivity contribution in [1.29, 1.82) is 0 Å². The third-order valence-electron chi connectivity index (χ3n) is 4.76. The van der Waals surface area contributed by atoms with Crippen molar-refractivity contribution in [2.75, 3.05) is 24.5 Å². The maximum absolute atomic E-state index is 12.3. The molecular formula is C18H21N5O2. The highest BCUT2D eigenvalue weighted by Crippen LogP contribution is 2.37. The van der Waals surface area contributed by atoms with Gasteiger partial charge in [0, 0.05) is 44.1 Å². The van der Waals surface area contributed by atoms with Crippen molar-refractivity contribution in [2.24, 2.45) is 0 Å². The molecule has 0 spiro atoms. The summed E-state index contributed by atoms with van der Waals surface area (Å²) in [5, 5.41) is 13.5. The van der Waals surface area contributed by atoms with Crippen LogP contribution in [-0.2, 0) is 0 Å². The number of nitrogens with one attached hydrogen (secondary N) is 1. The second-order valence-corrected chi connectivity index (χ2v) is 6.87. The summed E-state index contributed by atoms with van der Waals surface area (Å²) in [7, 11) is 0. The van der Waals surface area contributed by atoms with Crippen LogP contribution in [0.4, 0.5) is 5.82 Å². The number of aliphatic hydroxyl groups is 1. The maximum atomic E-state index is 12.3. The lowest BCUT2D eigenvalue weighted by atomic mass is 10.0. The largest absolute Gasteiger partial charge is 0.386 e. The van der Waals surface area contributed by atoms with E-state index in [1.807, 2.05) is 23.1 Å². The summed E-state index contributed by atoms with van der Waals surface area (Å²) in [6, 6.07) is 5.71. The predicted molar refractivity (Wildman–Crippen MR) is 92.4 cm³/mol. The van der Waals surface area contributed by atoms with Crippen LogP contribution in [0, 0.1) is 0 Å². The van der Waals surface area contributed by atoms with Crippen molar-refractivity contribution >= 4 is 11.7 Å². The van der Waals surface area contributed by atoms with E-state index in [1.54, 1.807) is 18.6 Å². The second-order valence-electron chi connectivity index (χ2n) is 6.87. The van der Waals surface area contributed by atoms with Gasteiger partial charge in [-0.3, -0.25) is 4.79 Å². The first kappa shape index (κ1) is 16.0. The minimum atomic E-state index is -0.956. The molecule has 2 fully saturated rings. The third-order valence-corrected chi connectivity index (χ3v) is 4.76. The Morgan fingerprint density at radius 1 is 1.28 bits per heavy atom. The Bertz CT molecular complexity index is 748. The molecule has 2 aromatic heterocycles. The summed E-state index contributed by atoms with van der Waals surface area (Å²) >= 11 is 0. The number of β-amino-alcohol motifs (C(OH)–C–C–N with tert-alkyl or cyclic N) is 1. The van der Waals surface area contributed by atoms with Gasteiger partial charge in [0.25, 0.3) is 5.91 Å². The van der Waals surface area contributed by atoms with Crippen molar-refractivity contribution in [3.8, 4) is 0 Å². The van der Waals surface area contributed by atoms with Gasteiger partial charge in [-0.1, -0.05) is 6.07 Å². The van der Waals surface area contributed by atoms with Gasteiger partial charge in [-0.15, -0.1) is 0 Å². The molecule has 1 atom stereocenters. The van der Waals surface area contributed by atoms with Crippen molar-refractivity contribution in [3.63, 3.8) is 0 Å². The molecule has 2 aromatic rings. The maximum Gasteiger partial charge on any atom is 0.254 e. The van der Waals surface area contributed by atoms with Gasteiger partial charge in [0.05, 0.1) is 5.56 Å². The molecule has 0 radical (unpaired) electrons. The SMILES string of the molecule is O=C(NC[C@]1(O)CCN(c2ccccn2)C1)c1cnc(C2CC2)nc1. The molecule has 3 heterocycles. The lowest BCUT2D eigenvalue weighted by Gasteiger charge is -2.24.